The number of nitrogens with one attached hydrogen (secondary N) is 1. The van der Waals surface area contributed by atoms with Gasteiger partial charge in [0.05, 0.1) is 10.2 Å². The average molecular weight is 382 g/mol. The van der Waals surface area contributed by atoms with E-state index in [0.29, 0.717) is 12.2 Å². The number of aromatic nitrogens is 1. The fraction of sp³-hybridized carbons (Fsp3) is 0.286. The molecule has 0 radical (unpaired) electrons. The van der Waals surface area contributed by atoms with E-state index in [4.69, 9.17) is 0 Å². The van der Waals surface area contributed by atoms with E-state index in [9.17, 15) is 9.59 Å². The summed E-state index contributed by atoms with van der Waals surface area (Å²) in [4.78, 5) is 30.3. The first-order chi connectivity index (χ1) is 13.0. The van der Waals surface area contributed by atoms with Gasteiger partial charge >= 0.3 is 11.8 Å². The number of thiazole rings is 1. The number of likely N-dealkylation sites (N-methyl/N-ethyl adjacent to an activating group) is 1. The normalized spacial score (nSPS) is 10.8. The molecule has 3 rings (SSSR count). The van der Waals surface area contributed by atoms with Gasteiger partial charge in [-0.1, -0.05) is 19.4 Å². The average Bonchev–Trinajstić information content (AvgIpc) is 3.09. The maximum atomic E-state index is 12.1. The van der Waals surface area contributed by atoms with Crippen LogP contribution in [0.3, 0.4) is 0 Å². The summed E-state index contributed by atoms with van der Waals surface area (Å²) in [7, 11) is 1.65. The number of hydrogen-bond donors (Lipinski definition) is 1. The van der Waals surface area contributed by atoms with Crippen molar-refractivity contribution in [3.8, 4) is 10.6 Å². The predicted molar refractivity (Wildman–Crippen MR) is 111 cm³/mol. The smallest absolute Gasteiger partial charge is 0.313 e. The molecule has 1 aromatic heterocycles. The van der Waals surface area contributed by atoms with E-state index < -0.39 is 11.8 Å². The van der Waals surface area contributed by atoms with Crippen LogP contribution in [0.5, 0.6) is 0 Å². The van der Waals surface area contributed by atoms with E-state index in [1.165, 1.54) is 10.5 Å². The Morgan fingerprint density at radius 2 is 1.89 bits per heavy atom. The van der Waals surface area contributed by atoms with E-state index >= 15 is 0 Å². The van der Waals surface area contributed by atoms with Gasteiger partial charge in [-0.05, 0) is 55.3 Å². The van der Waals surface area contributed by atoms with E-state index in [1.54, 1.807) is 30.5 Å². The quantitative estimate of drug-likeness (QED) is 0.663. The highest BCUT2D eigenvalue weighted by atomic mass is 32.1. The topological polar surface area (TPSA) is 62.3 Å². The van der Waals surface area contributed by atoms with Gasteiger partial charge < -0.3 is 10.2 Å². The maximum absolute atomic E-state index is 12.1. The summed E-state index contributed by atoms with van der Waals surface area (Å²) in [5.41, 5.74) is 3.78. The second kappa shape index (κ2) is 8.31. The molecule has 5 nitrogen and oxygen atoms in total. The fourth-order valence-corrected chi connectivity index (χ4v) is 3.78. The number of rotatable bonds is 5. The van der Waals surface area contributed by atoms with Gasteiger partial charge in [0.2, 0.25) is 0 Å². The number of unbranched alkanes of at least 4 members (excludes halogenated alkanes) is 1. The molecule has 3 aromatic rings. The summed E-state index contributed by atoms with van der Waals surface area (Å²) in [6.45, 7) is 4.70. The van der Waals surface area contributed by atoms with Crippen molar-refractivity contribution >= 4 is 39.1 Å². The lowest BCUT2D eigenvalue weighted by Gasteiger charge is -2.16. The number of anilines is 1. The molecule has 0 aliphatic heterocycles. The molecule has 0 aliphatic rings. The lowest BCUT2D eigenvalue weighted by atomic mass is 10.2. The number of benzene rings is 2. The zero-order chi connectivity index (χ0) is 19.4. The monoisotopic (exact) mass is 381 g/mol. The lowest BCUT2D eigenvalue weighted by Crippen LogP contribution is -2.37. The van der Waals surface area contributed by atoms with E-state index in [1.807, 2.05) is 25.1 Å². The molecule has 27 heavy (non-hydrogen) atoms. The van der Waals surface area contributed by atoms with Crippen LogP contribution in [0.25, 0.3) is 20.8 Å². The zero-order valence-corrected chi connectivity index (χ0v) is 16.6. The summed E-state index contributed by atoms with van der Waals surface area (Å²) in [5.74, 6) is -1.13. The van der Waals surface area contributed by atoms with Crippen LogP contribution in [0, 0.1) is 6.92 Å². The number of aryl methyl sites for hydroxylation is 1. The number of fused-ring (bicyclic) bond motifs is 1. The summed E-state index contributed by atoms with van der Waals surface area (Å²) < 4.78 is 1.16. The second-order valence-electron chi connectivity index (χ2n) is 6.60. The molecule has 0 spiro atoms. The van der Waals surface area contributed by atoms with Gasteiger partial charge in [-0.25, -0.2) is 4.98 Å². The van der Waals surface area contributed by atoms with Crippen molar-refractivity contribution in [2.75, 3.05) is 18.9 Å². The first kappa shape index (κ1) is 19.0. The number of amides is 2. The molecule has 6 heteroatoms. The summed E-state index contributed by atoms with van der Waals surface area (Å²) in [6, 6.07) is 13.6. The van der Waals surface area contributed by atoms with E-state index in [0.717, 1.165) is 33.6 Å². The molecule has 0 aliphatic carbocycles. The summed E-state index contributed by atoms with van der Waals surface area (Å²) in [5, 5.41) is 3.60. The molecular weight excluding hydrogens is 358 g/mol. The number of carbonyl (C=O) groups is 2. The van der Waals surface area contributed by atoms with Crippen LogP contribution in [-0.2, 0) is 9.59 Å². The van der Waals surface area contributed by atoms with Crippen LogP contribution in [-0.4, -0.2) is 35.3 Å². The van der Waals surface area contributed by atoms with Gasteiger partial charge in [0.15, 0.2) is 0 Å². The van der Waals surface area contributed by atoms with Crippen molar-refractivity contribution in [1.29, 1.82) is 0 Å². The van der Waals surface area contributed by atoms with Gasteiger partial charge in [-0.2, -0.15) is 0 Å². The van der Waals surface area contributed by atoms with Gasteiger partial charge in [0.25, 0.3) is 0 Å². The third-order valence-corrected chi connectivity index (χ3v) is 5.39. The largest absolute Gasteiger partial charge is 0.338 e. The van der Waals surface area contributed by atoms with Crippen molar-refractivity contribution in [3.63, 3.8) is 0 Å². The summed E-state index contributed by atoms with van der Waals surface area (Å²) in [6.07, 6.45) is 1.86. The molecule has 0 bridgehead atoms. The van der Waals surface area contributed by atoms with Crippen LogP contribution < -0.4 is 5.32 Å². The second-order valence-corrected chi connectivity index (χ2v) is 7.63. The number of carbonyl (C=O) groups excluding carboxylic acids is 2. The Morgan fingerprint density at radius 1 is 1.15 bits per heavy atom. The van der Waals surface area contributed by atoms with Crippen molar-refractivity contribution < 1.29 is 9.59 Å². The molecule has 0 saturated carbocycles. The highest BCUT2D eigenvalue weighted by molar-refractivity contribution is 7.21. The molecule has 2 amide bonds. The minimum atomic E-state index is -0.614. The Labute approximate surface area is 163 Å². The first-order valence-electron chi connectivity index (χ1n) is 9.02. The van der Waals surface area contributed by atoms with Gasteiger partial charge in [0.1, 0.15) is 5.01 Å². The van der Waals surface area contributed by atoms with Gasteiger partial charge in [-0.3, -0.25) is 9.59 Å². The Balaban J connectivity index is 1.69. The van der Waals surface area contributed by atoms with Crippen LogP contribution in [0.4, 0.5) is 5.69 Å². The summed E-state index contributed by atoms with van der Waals surface area (Å²) >= 11 is 1.64. The number of nitrogens with zero attached hydrogens (tertiary/aromatic N) is 2. The van der Waals surface area contributed by atoms with Gasteiger partial charge in [-0.15, -0.1) is 11.3 Å². The minimum absolute atomic E-state index is 0.519. The molecular formula is C21H23N3O2S. The van der Waals surface area contributed by atoms with E-state index in [-0.39, 0.29) is 0 Å². The highest BCUT2D eigenvalue weighted by Crippen LogP contribution is 2.31. The standard InChI is InChI=1S/C21H23N3O2S/c1-4-5-12-24(3)21(26)19(25)22-16-9-7-15(8-10-16)20-23-17-11-6-14(2)13-18(17)27-20/h6-11,13H,4-5,12H2,1-3H3,(H,22,25). The Morgan fingerprint density at radius 3 is 2.59 bits per heavy atom. The molecule has 0 atom stereocenters. The van der Waals surface area contributed by atoms with E-state index in [2.05, 4.69) is 29.4 Å². The van der Waals surface area contributed by atoms with Crippen LogP contribution in [0.15, 0.2) is 42.5 Å². The maximum Gasteiger partial charge on any atom is 0.313 e. The fourth-order valence-electron chi connectivity index (χ4n) is 2.71. The van der Waals surface area contributed by atoms with Gasteiger partial charge in [0, 0.05) is 24.8 Å². The number of hydrogen-bond acceptors (Lipinski definition) is 4. The van der Waals surface area contributed by atoms with Crippen LogP contribution in [0.1, 0.15) is 25.3 Å². The zero-order valence-electron chi connectivity index (χ0n) is 15.8. The SMILES string of the molecule is CCCCN(C)C(=O)C(=O)Nc1ccc(-c2nc3ccc(C)cc3s2)cc1. The Bertz CT molecular complexity index is 963. The van der Waals surface area contributed by atoms with Crippen molar-refractivity contribution in [1.82, 2.24) is 9.88 Å². The minimum Gasteiger partial charge on any atom is -0.338 e. The molecule has 1 N–H and O–H groups in total. The Kier molecular flexibility index (Phi) is 5.86. The van der Waals surface area contributed by atoms with Crippen molar-refractivity contribution in [3.05, 3.63) is 48.0 Å². The Hall–Kier alpha value is -2.73. The highest BCUT2D eigenvalue weighted by Gasteiger charge is 2.18. The van der Waals surface area contributed by atoms with Crippen LogP contribution in [0.2, 0.25) is 0 Å². The molecule has 2 aromatic carbocycles. The third kappa shape index (κ3) is 4.52. The molecule has 0 fully saturated rings. The first-order valence-corrected chi connectivity index (χ1v) is 9.83. The van der Waals surface area contributed by atoms with Crippen LogP contribution >= 0.6 is 11.3 Å². The molecule has 0 saturated heterocycles. The lowest BCUT2D eigenvalue weighted by molar-refractivity contribution is -0.142. The molecule has 1 heterocycles. The van der Waals surface area contributed by atoms with Crippen molar-refractivity contribution in [2.24, 2.45) is 0 Å². The molecule has 0 unspecified atom stereocenters. The third-order valence-electron chi connectivity index (χ3n) is 4.32. The predicted octanol–water partition coefficient (Wildman–Crippen LogP) is 4.47. The molecule has 140 valence electrons. The van der Waals surface area contributed by atoms with Crippen molar-refractivity contribution in [2.45, 2.75) is 26.7 Å².